The van der Waals surface area contributed by atoms with Crippen LogP contribution < -0.4 is 0 Å². The van der Waals surface area contributed by atoms with Crippen LogP contribution in [0.4, 0.5) is 0 Å². The topological polar surface area (TPSA) is 75.3 Å². The lowest BCUT2D eigenvalue weighted by atomic mass is 9.81. The summed E-state index contributed by atoms with van der Waals surface area (Å²) in [6.45, 7) is 4.49. The summed E-state index contributed by atoms with van der Waals surface area (Å²) in [5.41, 5.74) is 15.3. The van der Waals surface area contributed by atoms with E-state index in [9.17, 15) is 5.26 Å². The summed E-state index contributed by atoms with van der Waals surface area (Å²) >= 11 is 0. The average molecular weight is 730 g/mol. The molecule has 5 nitrogen and oxygen atoms in total. The summed E-state index contributed by atoms with van der Waals surface area (Å²) < 4.78 is 0. The number of aromatic nitrogens is 4. The van der Waals surface area contributed by atoms with Crippen LogP contribution in [0.25, 0.3) is 89.6 Å². The number of nitriles is 1. The third-order valence-electron chi connectivity index (χ3n) is 11.2. The van der Waals surface area contributed by atoms with E-state index in [1.165, 1.54) is 22.3 Å². The van der Waals surface area contributed by atoms with Gasteiger partial charge in [-0.25, -0.2) is 15.0 Å². The summed E-state index contributed by atoms with van der Waals surface area (Å²) in [7, 11) is 0. The van der Waals surface area contributed by atoms with Gasteiger partial charge < -0.3 is 0 Å². The predicted molar refractivity (Wildman–Crippen MR) is 230 cm³/mol. The second-order valence-electron chi connectivity index (χ2n) is 15.1. The summed E-state index contributed by atoms with van der Waals surface area (Å²) in [6.07, 6.45) is 1.83. The van der Waals surface area contributed by atoms with Crippen LogP contribution in [0, 0.1) is 11.3 Å². The zero-order chi connectivity index (χ0) is 38.5. The van der Waals surface area contributed by atoms with Crippen molar-refractivity contribution in [3.05, 3.63) is 193 Å². The molecule has 0 N–H and O–H groups in total. The Morgan fingerprint density at radius 1 is 0.421 bits per heavy atom. The van der Waals surface area contributed by atoms with Crippen molar-refractivity contribution in [2.24, 2.45) is 0 Å². The molecular formula is C52H35N5. The van der Waals surface area contributed by atoms with Gasteiger partial charge in [0.15, 0.2) is 17.5 Å². The second kappa shape index (κ2) is 13.6. The highest BCUT2D eigenvalue weighted by molar-refractivity contribution is 5.89. The minimum atomic E-state index is -0.276. The molecule has 0 saturated carbocycles. The average Bonchev–Trinajstić information content (AvgIpc) is 3.51. The molecule has 9 aromatic rings. The minimum absolute atomic E-state index is 0.276. The third kappa shape index (κ3) is 6.14. The Hall–Kier alpha value is -7.55. The smallest absolute Gasteiger partial charge is 0.164 e. The van der Waals surface area contributed by atoms with Crippen molar-refractivity contribution in [2.75, 3.05) is 0 Å². The molecule has 1 aliphatic rings. The highest BCUT2D eigenvalue weighted by Gasteiger charge is 2.36. The van der Waals surface area contributed by atoms with E-state index < -0.39 is 0 Å². The fraction of sp³-hybridized carbons (Fsp3) is 0.0577. The number of benzene rings is 7. The highest BCUT2D eigenvalue weighted by atomic mass is 15.0. The number of fused-ring (bicyclic) bond motifs is 4. The van der Waals surface area contributed by atoms with E-state index in [2.05, 4.69) is 140 Å². The molecule has 0 atom stereocenters. The first kappa shape index (κ1) is 34.0. The van der Waals surface area contributed by atoms with Gasteiger partial charge >= 0.3 is 0 Å². The summed E-state index contributed by atoms with van der Waals surface area (Å²) in [6, 6.07) is 61.1. The summed E-state index contributed by atoms with van der Waals surface area (Å²) in [5, 5.41) is 10.8. The van der Waals surface area contributed by atoms with Crippen molar-refractivity contribution in [2.45, 2.75) is 19.3 Å². The fourth-order valence-electron chi connectivity index (χ4n) is 8.12. The van der Waals surface area contributed by atoms with Gasteiger partial charge in [-0.15, -0.1) is 0 Å². The largest absolute Gasteiger partial charge is 0.256 e. The molecule has 0 amide bonds. The van der Waals surface area contributed by atoms with Crippen LogP contribution >= 0.6 is 0 Å². The van der Waals surface area contributed by atoms with Gasteiger partial charge in [-0.05, 0) is 104 Å². The molecule has 0 radical (unpaired) electrons. The van der Waals surface area contributed by atoms with Gasteiger partial charge in [0.1, 0.15) is 0 Å². The van der Waals surface area contributed by atoms with E-state index in [0.29, 0.717) is 23.0 Å². The Morgan fingerprint density at radius 3 is 1.61 bits per heavy atom. The third-order valence-corrected chi connectivity index (χ3v) is 11.2. The molecule has 0 aliphatic heterocycles. The van der Waals surface area contributed by atoms with Crippen molar-refractivity contribution in [3.8, 4) is 84.7 Å². The van der Waals surface area contributed by atoms with Crippen LogP contribution in [-0.2, 0) is 5.41 Å². The highest BCUT2D eigenvalue weighted by Crippen LogP contribution is 2.50. The fourth-order valence-corrected chi connectivity index (χ4v) is 8.12. The van der Waals surface area contributed by atoms with Crippen molar-refractivity contribution >= 4 is 10.9 Å². The van der Waals surface area contributed by atoms with E-state index in [1.54, 1.807) is 0 Å². The molecule has 2 aromatic heterocycles. The molecule has 0 bridgehead atoms. The first-order chi connectivity index (χ1) is 27.9. The molecule has 0 spiro atoms. The van der Waals surface area contributed by atoms with E-state index >= 15 is 0 Å². The Bertz CT molecular complexity index is 3040. The molecule has 57 heavy (non-hydrogen) atoms. The lowest BCUT2D eigenvalue weighted by molar-refractivity contribution is 0.660. The van der Waals surface area contributed by atoms with Gasteiger partial charge in [-0.3, -0.25) is 4.98 Å². The number of hydrogen-bond donors (Lipinski definition) is 0. The van der Waals surface area contributed by atoms with Crippen LogP contribution in [0.5, 0.6) is 0 Å². The lowest BCUT2D eigenvalue weighted by Crippen LogP contribution is -2.15. The Kier molecular flexibility index (Phi) is 8.13. The van der Waals surface area contributed by atoms with E-state index in [1.807, 2.05) is 60.8 Å². The van der Waals surface area contributed by atoms with Gasteiger partial charge in [0.05, 0.1) is 17.1 Å². The maximum atomic E-state index is 9.70. The summed E-state index contributed by atoms with van der Waals surface area (Å²) in [5.74, 6) is 1.80. The molecule has 2 heterocycles. The van der Waals surface area contributed by atoms with E-state index in [-0.39, 0.29) is 5.41 Å². The molecule has 0 saturated heterocycles. The number of rotatable bonds is 6. The first-order valence-electron chi connectivity index (χ1n) is 19.1. The molecule has 5 heteroatoms. The van der Waals surface area contributed by atoms with Crippen LogP contribution in [0.1, 0.15) is 30.5 Å². The Labute approximate surface area is 331 Å². The van der Waals surface area contributed by atoms with Crippen LogP contribution in [-0.4, -0.2) is 19.9 Å². The van der Waals surface area contributed by atoms with Crippen LogP contribution in [0.2, 0.25) is 0 Å². The van der Waals surface area contributed by atoms with Crippen molar-refractivity contribution < 1.29 is 0 Å². The van der Waals surface area contributed by atoms with Crippen LogP contribution in [0.3, 0.4) is 0 Å². The maximum Gasteiger partial charge on any atom is 0.164 e. The number of hydrogen-bond acceptors (Lipinski definition) is 5. The second-order valence-corrected chi connectivity index (χ2v) is 15.1. The van der Waals surface area contributed by atoms with Crippen molar-refractivity contribution in [3.63, 3.8) is 0 Å². The lowest BCUT2D eigenvalue weighted by Gasteiger charge is -2.22. The van der Waals surface area contributed by atoms with E-state index in [4.69, 9.17) is 15.0 Å². The molecule has 1 aliphatic carbocycles. The SMILES string of the molecule is CC1(C)c2cc(C#N)ccc2-c2ccc(-c3cc(-c4ccc5cccnc5c4)cc(-c4nc(-c5ccccc5)nc(-c5ccc(-c6ccccc6)cc5)n4)c3)cc21. The van der Waals surface area contributed by atoms with Crippen molar-refractivity contribution in [1.29, 1.82) is 5.26 Å². The number of pyridine rings is 1. The van der Waals surface area contributed by atoms with Gasteiger partial charge in [-0.1, -0.05) is 135 Å². The normalized spacial score (nSPS) is 12.5. The van der Waals surface area contributed by atoms with Crippen molar-refractivity contribution in [1.82, 2.24) is 19.9 Å². The summed E-state index contributed by atoms with van der Waals surface area (Å²) in [4.78, 5) is 20.0. The molecule has 10 rings (SSSR count). The molecular weight excluding hydrogens is 695 g/mol. The quantitative estimate of drug-likeness (QED) is 0.170. The van der Waals surface area contributed by atoms with Gasteiger partial charge in [0.2, 0.25) is 0 Å². The first-order valence-corrected chi connectivity index (χ1v) is 19.1. The van der Waals surface area contributed by atoms with E-state index in [0.717, 1.165) is 61.0 Å². The zero-order valence-corrected chi connectivity index (χ0v) is 31.5. The molecule has 0 fully saturated rings. The maximum absolute atomic E-state index is 9.70. The Balaban J connectivity index is 1.15. The van der Waals surface area contributed by atoms with Gasteiger partial charge in [-0.2, -0.15) is 5.26 Å². The minimum Gasteiger partial charge on any atom is -0.256 e. The van der Waals surface area contributed by atoms with Crippen LogP contribution in [0.15, 0.2) is 176 Å². The zero-order valence-electron chi connectivity index (χ0n) is 31.5. The Morgan fingerprint density at radius 2 is 0.930 bits per heavy atom. The molecule has 0 unspecified atom stereocenters. The monoisotopic (exact) mass is 729 g/mol. The van der Waals surface area contributed by atoms with Gasteiger partial charge in [0, 0.05) is 33.7 Å². The predicted octanol–water partition coefficient (Wildman–Crippen LogP) is 12.6. The molecule has 7 aromatic carbocycles. The number of nitrogens with zero attached hydrogens (tertiary/aromatic N) is 5. The standard InChI is InChI=1S/C52H35N5/c1-52(2)46-26-33(32-53)15-23-44(46)45-24-22-39(30-47(45)52)41-27-42(40-21-18-36-14-9-25-54-48(36)31-40)29-43(28-41)51-56-49(37-12-7-4-8-13-37)55-50(57-51)38-19-16-35(17-20-38)34-10-5-3-6-11-34/h3-31H,1-2H3. The molecule has 268 valence electrons. The van der Waals surface area contributed by atoms with Gasteiger partial charge in [0.25, 0.3) is 0 Å².